The number of benzene rings is 1. The van der Waals surface area contributed by atoms with Crippen molar-refractivity contribution in [3.05, 3.63) is 22.2 Å². The molecule has 1 aromatic rings. The number of anilines is 2. The second kappa shape index (κ2) is 9.89. The molecule has 1 aliphatic rings. The summed E-state index contributed by atoms with van der Waals surface area (Å²) in [5, 5.41) is 5.44. The molecule has 7 heteroatoms. The zero-order valence-corrected chi connectivity index (χ0v) is 16.3. The number of halogens is 2. The van der Waals surface area contributed by atoms with Crippen LogP contribution < -0.4 is 16.4 Å². The lowest BCUT2D eigenvalue weighted by atomic mass is 9.87. The van der Waals surface area contributed by atoms with Gasteiger partial charge in [-0.1, -0.05) is 35.2 Å². The van der Waals surface area contributed by atoms with Gasteiger partial charge in [0.25, 0.3) is 0 Å². The number of nitrogens with two attached hydrogens (primary N) is 1. The molecule has 2 amide bonds. The van der Waals surface area contributed by atoms with Gasteiger partial charge in [-0.25, -0.2) is 0 Å². The molecule has 0 aromatic heterocycles. The first-order valence-corrected chi connectivity index (χ1v) is 8.87. The van der Waals surface area contributed by atoms with Crippen molar-refractivity contribution >= 4 is 51.5 Å². The van der Waals surface area contributed by atoms with E-state index in [9.17, 15) is 9.59 Å². The van der Waals surface area contributed by atoms with Gasteiger partial charge in [0.15, 0.2) is 0 Å². The summed E-state index contributed by atoms with van der Waals surface area (Å²) in [7, 11) is 0. The van der Waals surface area contributed by atoms with E-state index < -0.39 is 0 Å². The van der Waals surface area contributed by atoms with Crippen molar-refractivity contribution in [2.45, 2.75) is 45.4 Å². The number of hydrogen-bond acceptors (Lipinski definition) is 3. The molecular formula is C17H25BrClN3O2. The molecule has 0 unspecified atom stereocenters. The van der Waals surface area contributed by atoms with E-state index in [4.69, 9.17) is 5.73 Å². The van der Waals surface area contributed by atoms with Crippen molar-refractivity contribution in [3.8, 4) is 0 Å². The first-order chi connectivity index (χ1) is 11.0. The van der Waals surface area contributed by atoms with Crippen LogP contribution in [0.4, 0.5) is 11.4 Å². The fourth-order valence-electron chi connectivity index (χ4n) is 2.96. The zero-order valence-electron chi connectivity index (χ0n) is 13.9. The van der Waals surface area contributed by atoms with Gasteiger partial charge in [-0.3, -0.25) is 9.59 Å². The predicted molar refractivity (Wildman–Crippen MR) is 103 cm³/mol. The van der Waals surface area contributed by atoms with Crippen molar-refractivity contribution in [1.82, 2.24) is 5.32 Å². The molecule has 0 spiro atoms. The Morgan fingerprint density at radius 2 is 1.88 bits per heavy atom. The summed E-state index contributed by atoms with van der Waals surface area (Å²) in [5.74, 6) is 0.145. The first-order valence-electron chi connectivity index (χ1n) is 8.08. The number of amides is 2. The Kier molecular flexibility index (Phi) is 8.56. The van der Waals surface area contributed by atoms with Gasteiger partial charge in [0, 0.05) is 10.9 Å². The molecule has 1 fully saturated rings. The molecule has 1 saturated carbocycles. The highest BCUT2D eigenvalue weighted by atomic mass is 79.9. The number of carbonyl (C=O) groups is 2. The standard InChI is InChI=1S/C17H24BrN3O2.ClH/c1-11-7-13(18)9-14(17(11)19)21-16(23)10-20-15(22)8-12-5-3-2-4-6-12;/h7,9,12H,2-6,8,10,19H2,1H3,(H,20,22)(H,21,23);1H. The van der Waals surface area contributed by atoms with E-state index in [1.807, 2.05) is 13.0 Å². The third-order valence-electron chi connectivity index (χ3n) is 4.27. The van der Waals surface area contributed by atoms with Gasteiger partial charge < -0.3 is 16.4 Å². The van der Waals surface area contributed by atoms with Gasteiger partial charge in [-0.15, -0.1) is 12.4 Å². The SMILES string of the molecule is Cc1cc(Br)cc(NC(=O)CNC(=O)CC2CCCCC2)c1N.Cl. The Morgan fingerprint density at radius 1 is 1.21 bits per heavy atom. The van der Waals surface area contributed by atoms with E-state index in [1.165, 1.54) is 19.3 Å². The summed E-state index contributed by atoms with van der Waals surface area (Å²) in [6.07, 6.45) is 6.44. The van der Waals surface area contributed by atoms with Crippen LogP contribution in [0.25, 0.3) is 0 Å². The second-order valence-corrected chi connectivity index (χ2v) is 7.13. The Labute approximate surface area is 157 Å². The molecule has 1 aromatic carbocycles. The van der Waals surface area contributed by atoms with E-state index in [0.717, 1.165) is 22.9 Å². The van der Waals surface area contributed by atoms with Crippen molar-refractivity contribution in [2.24, 2.45) is 5.92 Å². The van der Waals surface area contributed by atoms with Crippen molar-refractivity contribution in [3.63, 3.8) is 0 Å². The molecular weight excluding hydrogens is 394 g/mol. The van der Waals surface area contributed by atoms with Gasteiger partial charge in [0.05, 0.1) is 17.9 Å². The van der Waals surface area contributed by atoms with Gasteiger partial charge in [0.2, 0.25) is 11.8 Å². The summed E-state index contributed by atoms with van der Waals surface area (Å²) in [6.45, 7) is 1.85. The van der Waals surface area contributed by atoms with Crippen LogP contribution in [-0.4, -0.2) is 18.4 Å². The normalized spacial score (nSPS) is 14.6. The molecule has 0 radical (unpaired) electrons. The van der Waals surface area contributed by atoms with E-state index in [1.54, 1.807) is 6.07 Å². The van der Waals surface area contributed by atoms with Gasteiger partial charge >= 0.3 is 0 Å². The van der Waals surface area contributed by atoms with Crippen LogP contribution in [0.1, 0.15) is 44.1 Å². The van der Waals surface area contributed by atoms with Gasteiger partial charge in [0.1, 0.15) is 0 Å². The Balaban J connectivity index is 0.00000288. The fraction of sp³-hybridized carbons (Fsp3) is 0.529. The largest absolute Gasteiger partial charge is 0.397 e. The average molecular weight is 419 g/mol. The average Bonchev–Trinajstić information content (AvgIpc) is 2.51. The minimum atomic E-state index is -0.272. The molecule has 1 aliphatic carbocycles. The van der Waals surface area contributed by atoms with Crippen LogP contribution in [0.15, 0.2) is 16.6 Å². The van der Waals surface area contributed by atoms with E-state index in [-0.39, 0.29) is 30.8 Å². The maximum atomic E-state index is 12.0. The van der Waals surface area contributed by atoms with E-state index in [2.05, 4.69) is 26.6 Å². The monoisotopic (exact) mass is 417 g/mol. The van der Waals surface area contributed by atoms with Crippen LogP contribution in [0.3, 0.4) is 0 Å². The van der Waals surface area contributed by atoms with Crippen LogP contribution in [0.5, 0.6) is 0 Å². The number of nitrogens with one attached hydrogen (secondary N) is 2. The summed E-state index contributed by atoms with van der Waals surface area (Å²) in [5.41, 5.74) is 7.94. The predicted octanol–water partition coefficient (Wildman–Crippen LogP) is 3.79. The summed E-state index contributed by atoms with van der Waals surface area (Å²) >= 11 is 3.38. The van der Waals surface area contributed by atoms with E-state index in [0.29, 0.717) is 23.7 Å². The molecule has 2 rings (SSSR count). The lowest BCUT2D eigenvalue weighted by Crippen LogP contribution is -2.34. The topological polar surface area (TPSA) is 84.2 Å². The van der Waals surface area contributed by atoms with Crippen molar-refractivity contribution < 1.29 is 9.59 Å². The maximum absolute atomic E-state index is 12.0. The molecule has 5 nitrogen and oxygen atoms in total. The third-order valence-corrected chi connectivity index (χ3v) is 4.73. The number of nitrogen functional groups attached to an aromatic ring is 1. The fourth-order valence-corrected chi connectivity index (χ4v) is 3.53. The highest BCUT2D eigenvalue weighted by Gasteiger charge is 2.17. The number of carbonyl (C=O) groups excluding carboxylic acids is 2. The van der Waals surface area contributed by atoms with Gasteiger partial charge in [-0.2, -0.15) is 0 Å². The number of rotatable bonds is 5. The summed E-state index contributed by atoms with van der Waals surface area (Å²) in [4.78, 5) is 23.9. The molecule has 24 heavy (non-hydrogen) atoms. The molecule has 0 aliphatic heterocycles. The van der Waals surface area contributed by atoms with E-state index >= 15 is 0 Å². The lowest BCUT2D eigenvalue weighted by molar-refractivity contribution is -0.125. The van der Waals surface area contributed by atoms with Crippen LogP contribution in [0, 0.1) is 12.8 Å². The molecule has 0 heterocycles. The summed E-state index contributed by atoms with van der Waals surface area (Å²) < 4.78 is 0.848. The van der Waals surface area contributed by atoms with Crippen LogP contribution in [0.2, 0.25) is 0 Å². The Morgan fingerprint density at radius 3 is 2.54 bits per heavy atom. The smallest absolute Gasteiger partial charge is 0.243 e. The quantitative estimate of drug-likeness (QED) is 0.636. The minimum Gasteiger partial charge on any atom is -0.397 e. The minimum absolute atomic E-state index is 0. The summed E-state index contributed by atoms with van der Waals surface area (Å²) in [6, 6.07) is 3.64. The third kappa shape index (κ3) is 6.32. The first kappa shape index (κ1) is 20.8. The highest BCUT2D eigenvalue weighted by Crippen LogP contribution is 2.27. The molecule has 0 atom stereocenters. The molecule has 0 bridgehead atoms. The molecule has 134 valence electrons. The Bertz CT molecular complexity index is 589. The van der Waals surface area contributed by atoms with Crippen molar-refractivity contribution in [2.75, 3.05) is 17.6 Å². The lowest BCUT2D eigenvalue weighted by Gasteiger charge is -2.20. The van der Waals surface area contributed by atoms with Crippen LogP contribution in [-0.2, 0) is 9.59 Å². The number of hydrogen-bond donors (Lipinski definition) is 3. The number of aryl methyl sites for hydroxylation is 1. The highest BCUT2D eigenvalue weighted by molar-refractivity contribution is 9.10. The Hall–Kier alpha value is -1.27. The maximum Gasteiger partial charge on any atom is 0.243 e. The van der Waals surface area contributed by atoms with Gasteiger partial charge in [-0.05, 0) is 43.4 Å². The van der Waals surface area contributed by atoms with Crippen LogP contribution >= 0.6 is 28.3 Å². The molecule has 4 N–H and O–H groups in total. The van der Waals surface area contributed by atoms with Crippen molar-refractivity contribution in [1.29, 1.82) is 0 Å². The zero-order chi connectivity index (χ0) is 16.8. The second-order valence-electron chi connectivity index (χ2n) is 6.22. The molecule has 0 saturated heterocycles.